The minimum absolute atomic E-state index is 0.311. The van der Waals surface area contributed by atoms with Crippen LogP contribution in [0, 0.1) is 9.39 Å². The zero-order chi connectivity index (χ0) is 12.4. The van der Waals surface area contributed by atoms with Crippen LogP contribution < -0.4 is 11.1 Å². The van der Waals surface area contributed by atoms with Crippen LogP contribution in [0.2, 0.25) is 5.02 Å². The Hall–Kier alpha value is -1.01. The van der Waals surface area contributed by atoms with E-state index in [0.717, 1.165) is 3.57 Å². The molecule has 0 aliphatic rings. The molecule has 2 aromatic rings. The van der Waals surface area contributed by atoms with E-state index in [2.05, 4.69) is 27.9 Å². The molecule has 0 amide bonds. The van der Waals surface area contributed by atoms with Crippen molar-refractivity contribution < 1.29 is 4.39 Å². The van der Waals surface area contributed by atoms with Gasteiger partial charge in [0.25, 0.3) is 0 Å². The van der Waals surface area contributed by atoms with E-state index < -0.39 is 0 Å². The Bertz CT molecular complexity index is 560. The summed E-state index contributed by atoms with van der Waals surface area (Å²) in [5.41, 5.74) is 7.37. The second-order valence-corrected chi connectivity index (χ2v) is 5.16. The molecule has 2 aromatic carbocycles. The van der Waals surface area contributed by atoms with Gasteiger partial charge in [0, 0.05) is 8.59 Å². The van der Waals surface area contributed by atoms with Gasteiger partial charge in [0.1, 0.15) is 5.82 Å². The number of hydrogen-bond acceptors (Lipinski definition) is 2. The molecule has 0 heterocycles. The van der Waals surface area contributed by atoms with Crippen LogP contribution in [0.1, 0.15) is 0 Å². The highest BCUT2D eigenvalue weighted by atomic mass is 127. The van der Waals surface area contributed by atoms with Gasteiger partial charge in [-0.25, -0.2) is 4.39 Å². The van der Waals surface area contributed by atoms with Crippen molar-refractivity contribution in [3.63, 3.8) is 0 Å². The maximum atomic E-state index is 13.5. The van der Waals surface area contributed by atoms with Gasteiger partial charge >= 0.3 is 0 Å². The van der Waals surface area contributed by atoms with E-state index in [0.29, 0.717) is 22.1 Å². The first kappa shape index (κ1) is 12.4. The Labute approximate surface area is 117 Å². The van der Waals surface area contributed by atoms with E-state index in [1.807, 2.05) is 12.1 Å². The van der Waals surface area contributed by atoms with Crippen LogP contribution in [-0.2, 0) is 0 Å². The molecular formula is C12H9ClFIN2. The van der Waals surface area contributed by atoms with Gasteiger partial charge in [-0.1, -0.05) is 11.6 Å². The van der Waals surface area contributed by atoms with Crippen molar-refractivity contribution >= 4 is 51.3 Å². The first-order chi connectivity index (χ1) is 8.06. The lowest BCUT2D eigenvalue weighted by Gasteiger charge is -2.10. The fourth-order valence-electron chi connectivity index (χ4n) is 1.39. The third-order valence-electron chi connectivity index (χ3n) is 2.21. The monoisotopic (exact) mass is 362 g/mol. The Kier molecular flexibility index (Phi) is 3.73. The quantitative estimate of drug-likeness (QED) is 0.613. The molecule has 3 N–H and O–H groups in total. The molecule has 0 atom stereocenters. The highest BCUT2D eigenvalue weighted by Gasteiger charge is 2.05. The number of nitrogens with one attached hydrogen (secondary N) is 1. The van der Waals surface area contributed by atoms with Gasteiger partial charge in [0.05, 0.1) is 17.1 Å². The van der Waals surface area contributed by atoms with Crippen molar-refractivity contribution in [1.29, 1.82) is 0 Å². The summed E-state index contributed by atoms with van der Waals surface area (Å²) < 4.78 is 14.5. The van der Waals surface area contributed by atoms with Crippen molar-refractivity contribution in [3.05, 3.63) is 50.8 Å². The molecule has 0 aliphatic carbocycles. The third-order valence-corrected chi connectivity index (χ3v) is 3.12. The molecule has 0 saturated heterocycles. The van der Waals surface area contributed by atoms with Crippen LogP contribution in [0.25, 0.3) is 0 Å². The molecule has 17 heavy (non-hydrogen) atoms. The zero-order valence-electron chi connectivity index (χ0n) is 8.68. The number of anilines is 3. The second-order valence-electron chi connectivity index (χ2n) is 3.48. The summed E-state index contributed by atoms with van der Waals surface area (Å²) in [6.45, 7) is 0. The molecule has 0 radical (unpaired) electrons. The first-order valence-electron chi connectivity index (χ1n) is 4.83. The van der Waals surface area contributed by atoms with E-state index in [4.69, 9.17) is 17.3 Å². The molecule has 0 aliphatic heterocycles. The third kappa shape index (κ3) is 3.01. The highest BCUT2D eigenvalue weighted by molar-refractivity contribution is 14.1. The molecule has 0 unspecified atom stereocenters. The van der Waals surface area contributed by atoms with Gasteiger partial charge in [-0.3, -0.25) is 0 Å². The van der Waals surface area contributed by atoms with Crippen molar-refractivity contribution in [2.75, 3.05) is 11.1 Å². The maximum Gasteiger partial charge on any atom is 0.146 e. The summed E-state index contributed by atoms with van der Waals surface area (Å²) in [6.07, 6.45) is 0. The van der Waals surface area contributed by atoms with Gasteiger partial charge in [-0.05, 0) is 59.0 Å². The number of hydrogen-bond donors (Lipinski definition) is 2. The largest absolute Gasteiger partial charge is 0.397 e. The highest BCUT2D eigenvalue weighted by Crippen LogP contribution is 2.27. The minimum Gasteiger partial charge on any atom is -0.397 e. The molecule has 2 nitrogen and oxygen atoms in total. The molecule has 0 spiro atoms. The van der Waals surface area contributed by atoms with E-state index in [1.165, 1.54) is 18.2 Å². The summed E-state index contributed by atoms with van der Waals surface area (Å²) in [5, 5.41) is 3.39. The number of benzene rings is 2. The van der Waals surface area contributed by atoms with Gasteiger partial charge in [-0.2, -0.15) is 0 Å². The lowest BCUT2D eigenvalue weighted by atomic mass is 10.2. The lowest BCUT2D eigenvalue weighted by molar-refractivity contribution is 0.632. The Morgan fingerprint density at radius 1 is 1.12 bits per heavy atom. The van der Waals surface area contributed by atoms with Crippen LogP contribution in [0.5, 0.6) is 0 Å². The van der Waals surface area contributed by atoms with Crippen molar-refractivity contribution in [1.82, 2.24) is 0 Å². The fraction of sp³-hybridized carbons (Fsp3) is 0. The molecule has 0 fully saturated rings. The fourth-order valence-corrected chi connectivity index (χ4v) is 2.07. The normalized spacial score (nSPS) is 10.3. The van der Waals surface area contributed by atoms with Crippen LogP contribution in [0.4, 0.5) is 21.5 Å². The lowest BCUT2D eigenvalue weighted by Crippen LogP contribution is -1.98. The van der Waals surface area contributed by atoms with Crippen molar-refractivity contribution in [2.45, 2.75) is 0 Å². The van der Waals surface area contributed by atoms with Crippen LogP contribution in [0.15, 0.2) is 36.4 Å². The van der Waals surface area contributed by atoms with Gasteiger partial charge in [-0.15, -0.1) is 0 Å². The summed E-state index contributed by atoms with van der Waals surface area (Å²) in [5.74, 6) is -0.368. The predicted molar refractivity (Wildman–Crippen MR) is 78.3 cm³/mol. The van der Waals surface area contributed by atoms with E-state index >= 15 is 0 Å². The summed E-state index contributed by atoms with van der Waals surface area (Å²) in [6, 6.07) is 9.84. The average Bonchev–Trinajstić information content (AvgIpc) is 2.27. The topological polar surface area (TPSA) is 38.0 Å². The van der Waals surface area contributed by atoms with E-state index in [9.17, 15) is 4.39 Å². The molecule has 0 aromatic heterocycles. The number of rotatable bonds is 2. The summed E-state index contributed by atoms with van der Waals surface area (Å²) in [4.78, 5) is 0. The summed E-state index contributed by atoms with van der Waals surface area (Å²) in [7, 11) is 0. The van der Waals surface area contributed by atoms with E-state index in [-0.39, 0.29) is 5.82 Å². The van der Waals surface area contributed by atoms with Crippen LogP contribution in [0.3, 0.4) is 0 Å². The Morgan fingerprint density at radius 3 is 2.59 bits per heavy atom. The smallest absolute Gasteiger partial charge is 0.146 e. The van der Waals surface area contributed by atoms with E-state index in [1.54, 1.807) is 6.07 Å². The first-order valence-corrected chi connectivity index (χ1v) is 6.29. The molecule has 0 bridgehead atoms. The average molecular weight is 363 g/mol. The number of nitrogens with two attached hydrogens (primary N) is 1. The number of nitrogen functional groups attached to an aromatic ring is 1. The van der Waals surface area contributed by atoms with Gasteiger partial charge in [0.2, 0.25) is 0 Å². The van der Waals surface area contributed by atoms with Crippen LogP contribution >= 0.6 is 34.2 Å². The maximum absolute atomic E-state index is 13.5. The standard InChI is InChI=1S/C12H9ClFIN2/c13-7-1-3-9(14)12(5-7)17-11-4-2-8(15)6-10(11)16/h1-6,17H,16H2. The molecule has 88 valence electrons. The van der Waals surface area contributed by atoms with Crippen molar-refractivity contribution in [3.8, 4) is 0 Å². The SMILES string of the molecule is Nc1cc(I)ccc1Nc1cc(Cl)ccc1F. The van der Waals surface area contributed by atoms with Gasteiger partial charge < -0.3 is 11.1 Å². The second kappa shape index (κ2) is 5.10. The molecule has 2 rings (SSSR count). The molecular weight excluding hydrogens is 354 g/mol. The van der Waals surface area contributed by atoms with Crippen molar-refractivity contribution in [2.24, 2.45) is 0 Å². The molecule has 5 heteroatoms. The zero-order valence-corrected chi connectivity index (χ0v) is 11.6. The van der Waals surface area contributed by atoms with Crippen LogP contribution in [-0.4, -0.2) is 0 Å². The summed E-state index contributed by atoms with van der Waals surface area (Å²) >= 11 is 7.97. The predicted octanol–water partition coefficient (Wildman–Crippen LogP) is 4.41. The number of halogens is 3. The minimum atomic E-state index is -0.368. The molecule has 0 saturated carbocycles. The Balaban J connectivity index is 2.34. The Morgan fingerprint density at radius 2 is 1.88 bits per heavy atom. The van der Waals surface area contributed by atoms with Gasteiger partial charge in [0.15, 0.2) is 0 Å².